The number of nitrogens with zero attached hydrogens (tertiary/aromatic N) is 1. The van der Waals surface area contributed by atoms with Crippen LogP contribution in [0.5, 0.6) is 23.0 Å². The second kappa shape index (κ2) is 17.0. The third-order valence-corrected chi connectivity index (χ3v) is 7.49. The quantitative estimate of drug-likeness (QED) is 0.190. The number of carbonyl (C=O) groups is 2. The van der Waals surface area contributed by atoms with Crippen molar-refractivity contribution in [3.63, 3.8) is 0 Å². The zero-order valence-corrected chi connectivity index (χ0v) is 26.1. The fourth-order valence-electron chi connectivity index (χ4n) is 4.96. The van der Waals surface area contributed by atoms with Gasteiger partial charge in [-0.25, -0.2) is 9.59 Å². The van der Waals surface area contributed by atoms with Gasteiger partial charge in [0.05, 0.1) is 26.3 Å². The largest absolute Gasteiger partial charge is 0.497 e. The van der Waals surface area contributed by atoms with Gasteiger partial charge in [-0.05, 0) is 65.9 Å². The molecule has 0 aromatic heterocycles. The van der Waals surface area contributed by atoms with Gasteiger partial charge in [0, 0.05) is 19.7 Å². The minimum Gasteiger partial charge on any atom is -0.497 e. The first-order valence-electron chi connectivity index (χ1n) is 15.2. The minimum absolute atomic E-state index is 0.00265. The monoisotopic (exact) mass is 621 g/mol. The Bertz CT molecular complexity index is 1320. The van der Waals surface area contributed by atoms with E-state index < -0.39 is 24.2 Å². The van der Waals surface area contributed by atoms with Crippen LogP contribution in [0.1, 0.15) is 55.3 Å². The topological polar surface area (TPSA) is 128 Å². The molecule has 3 aromatic rings. The third-order valence-electron chi connectivity index (χ3n) is 7.49. The number of nitrogens with one attached hydrogen (secondary N) is 2. The van der Waals surface area contributed by atoms with Crippen LogP contribution in [0, 0.1) is 0 Å². The molecule has 242 valence electrons. The van der Waals surface area contributed by atoms with Gasteiger partial charge in [0.2, 0.25) is 6.79 Å². The van der Waals surface area contributed by atoms with Crippen molar-refractivity contribution in [3.05, 3.63) is 83.4 Å². The van der Waals surface area contributed by atoms with Gasteiger partial charge < -0.3 is 39.4 Å². The third kappa shape index (κ3) is 9.94. The van der Waals surface area contributed by atoms with E-state index in [2.05, 4.69) is 17.6 Å². The first-order chi connectivity index (χ1) is 21.9. The molecule has 0 saturated carbocycles. The molecule has 0 bridgehead atoms. The maximum Gasteiger partial charge on any atom is 0.410 e. The van der Waals surface area contributed by atoms with Gasteiger partial charge in [-0.1, -0.05) is 50.1 Å². The highest BCUT2D eigenvalue weighted by atomic mass is 16.7. The average Bonchev–Trinajstić information content (AvgIpc) is 3.54. The van der Waals surface area contributed by atoms with E-state index in [-0.39, 0.29) is 20.0 Å². The molecular formula is C34H43N3O8. The summed E-state index contributed by atoms with van der Waals surface area (Å²) in [6.45, 7) is 2.73. The molecule has 0 fully saturated rings. The molecule has 45 heavy (non-hydrogen) atoms. The summed E-state index contributed by atoms with van der Waals surface area (Å²) in [5, 5.41) is 15.6. The molecule has 11 nitrogen and oxygen atoms in total. The molecule has 0 radical (unpaired) electrons. The second-order valence-electron chi connectivity index (χ2n) is 10.8. The van der Waals surface area contributed by atoms with Gasteiger partial charge in [0.1, 0.15) is 18.1 Å². The van der Waals surface area contributed by atoms with Crippen molar-refractivity contribution in [2.45, 2.75) is 57.8 Å². The lowest BCUT2D eigenvalue weighted by Crippen LogP contribution is -2.46. The van der Waals surface area contributed by atoms with Gasteiger partial charge in [0.25, 0.3) is 0 Å². The van der Waals surface area contributed by atoms with E-state index in [1.807, 2.05) is 54.6 Å². The Morgan fingerprint density at radius 2 is 1.49 bits per heavy atom. The van der Waals surface area contributed by atoms with E-state index in [1.165, 1.54) is 0 Å². The molecule has 4 rings (SSSR count). The van der Waals surface area contributed by atoms with Crippen LogP contribution < -0.4 is 29.6 Å². The molecule has 1 aliphatic rings. The molecule has 1 aliphatic heterocycles. The molecule has 0 unspecified atom stereocenters. The number of aliphatic hydroxyl groups is 1. The summed E-state index contributed by atoms with van der Waals surface area (Å²) in [5.41, 5.74) is 2.62. The Balaban J connectivity index is 1.41. The van der Waals surface area contributed by atoms with Crippen LogP contribution in [0.4, 0.5) is 9.59 Å². The van der Waals surface area contributed by atoms with Crippen LogP contribution in [0.2, 0.25) is 0 Å². The molecule has 3 aromatic carbocycles. The molecule has 3 amide bonds. The van der Waals surface area contributed by atoms with E-state index in [1.54, 1.807) is 31.3 Å². The number of urea groups is 1. The number of fused-ring (bicyclic) bond motifs is 1. The van der Waals surface area contributed by atoms with Crippen LogP contribution >= 0.6 is 0 Å². The molecular weight excluding hydrogens is 578 g/mol. The smallest absolute Gasteiger partial charge is 0.410 e. The van der Waals surface area contributed by atoms with Gasteiger partial charge in [-0.2, -0.15) is 0 Å². The van der Waals surface area contributed by atoms with Gasteiger partial charge in [0.15, 0.2) is 11.5 Å². The van der Waals surface area contributed by atoms with Crippen molar-refractivity contribution in [1.82, 2.24) is 15.5 Å². The Kier molecular flexibility index (Phi) is 12.6. The van der Waals surface area contributed by atoms with Crippen LogP contribution in [0.15, 0.2) is 66.7 Å². The summed E-state index contributed by atoms with van der Waals surface area (Å²) >= 11 is 0. The fourth-order valence-corrected chi connectivity index (χ4v) is 4.96. The number of amides is 3. The number of rotatable bonds is 16. The lowest BCUT2D eigenvalue weighted by molar-refractivity contribution is 0.0873. The Hall–Kier alpha value is -4.64. The van der Waals surface area contributed by atoms with Crippen molar-refractivity contribution in [2.75, 3.05) is 34.2 Å². The standard InChI is InChI=1S/C34H43N3O8/c1-4-5-6-27(35-33(39)36-30(17-18-38)26-11-16-31-32(19-26)45-23-44-31)22-43-34(40)37(20-24-7-12-28(41-2)13-8-24)21-25-9-14-29(42-3)15-10-25/h7-16,19,27,30,38H,4-6,17-18,20-23H2,1-3H3,(H2,35,36,39)/t27-,30+/m1/s1. The summed E-state index contributed by atoms with van der Waals surface area (Å²) < 4.78 is 27.2. The first-order valence-corrected chi connectivity index (χ1v) is 15.2. The van der Waals surface area contributed by atoms with Crippen LogP contribution in [0.3, 0.4) is 0 Å². The van der Waals surface area contributed by atoms with Crippen LogP contribution in [-0.2, 0) is 17.8 Å². The number of carbonyl (C=O) groups excluding carboxylic acids is 2. The Morgan fingerprint density at radius 3 is 2.07 bits per heavy atom. The summed E-state index contributed by atoms with van der Waals surface area (Å²) in [6, 6.07) is 19.2. The van der Waals surface area contributed by atoms with Crippen molar-refractivity contribution < 1.29 is 38.4 Å². The predicted molar refractivity (Wildman–Crippen MR) is 169 cm³/mol. The lowest BCUT2D eigenvalue weighted by atomic mass is 10.0. The van der Waals surface area contributed by atoms with Gasteiger partial charge in [-0.3, -0.25) is 4.90 Å². The second-order valence-corrected chi connectivity index (χ2v) is 10.8. The number of hydrogen-bond acceptors (Lipinski definition) is 8. The highest BCUT2D eigenvalue weighted by Crippen LogP contribution is 2.34. The number of aliphatic hydroxyl groups excluding tert-OH is 1. The molecule has 0 aliphatic carbocycles. The van der Waals surface area contributed by atoms with Crippen molar-refractivity contribution in [3.8, 4) is 23.0 Å². The zero-order chi connectivity index (χ0) is 32.0. The summed E-state index contributed by atoms with van der Waals surface area (Å²) in [4.78, 5) is 28.2. The molecule has 11 heteroatoms. The highest BCUT2D eigenvalue weighted by Gasteiger charge is 2.23. The maximum absolute atomic E-state index is 13.5. The number of ether oxygens (including phenoxy) is 5. The normalized spacial score (nSPS) is 13.0. The summed E-state index contributed by atoms with van der Waals surface area (Å²) in [7, 11) is 3.21. The van der Waals surface area contributed by atoms with E-state index in [9.17, 15) is 14.7 Å². The van der Waals surface area contributed by atoms with Crippen molar-refractivity contribution in [1.29, 1.82) is 0 Å². The van der Waals surface area contributed by atoms with Crippen LogP contribution in [0.25, 0.3) is 0 Å². The minimum atomic E-state index is -0.496. The number of hydrogen-bond donors (Lipinski definition) is 3. The number of unbranched alkanes of at least 4 members (excludes halogenated alkanes) is 1. The van der Waals surface area contributed by atoms with E-state index in [4.69, 9.17) is 23.7 Å². The van der Waals surface area contributed by atoms with Crippen molar-refractivity contribution >= 4 is 12.1 Å². The molecule has 2 atom stereocenters. The zero-order valence-electron chi connectivity index (χ0n) is 26.1. The predicted octanol–water partition coefficient (Wildman–Crippen LogP) is 5.55. The highest BCUT2D eigenvalue weighted by molar-refractivity contribution is 5.75. The van der Waals surface area contributed by atoms with Crippen molar-refractivity contribution in [2.24, 2.45) is 0 Å². The van der Waals surface area contributed by atoms with E-state index >= 15 is 0 Å². The van der Waals surface area contributed by atoms with Gasteiger partial charge >= 0.3 is 12.1 Å². The summed E-state index contributed by atoms with van der Waals surface area (Å²) in [6.07, 6.45) is 2.20. The first kappa shape index (κ1) is 33.3. The molecule has 0 spiro atoms. The molecule has 1 heterocycles. The Labute approximate surface area is 264 Å². The Morgan fingerprint density at radius 1 is 0.867 bits per heavy atom. The lowest BCUT2D eigenvalue weighted by Gasteiger charge is -2.26. The maximum atomic E-state index is 13.5. The average molecular weight is 622 g/mol. The van der Waals surface area contributed by atoms with E-state index in [0.717, 1.165) is 41.0 Å². The number of benzene rings is 3. The SMILES string of the molecule is CCCC[C@H](COC(=O)N(Cc1ccc(OC)cc1)Cc1ccc(OC)cc1)NC(=O)N[C@@H](CCO)c1ccc2c(c1)OCO2. The van der Waals surface area contributed by atoms with E-state index in [0.29, 0.717) is 37.4 Å². The van der Waals surface area contributed by atoms with Gasteiger partial charge in [-0.15, -0.1) is 0 Å². The summed E-state index contributed by atoms with van der Waals surface area (Å²) in [5.74, 6) is 2.69. The molecule has 3 N–H and O–H groups in total. The number of methoxy groups -OCH3 is 2. The van der Waals surface area contributed by atoms with Crippen LogP contribution in [-0.4, -0.2) is 62.4 Å². The fraction of sp³-hybridized carbons (Fsp3) is 0.412. The molecule has 0 saturated heterocycles.